The molecule has 4 rings (SSSR count). The number of carbonyl (C=O) groups excluding carboxylic acids is 1. The summed E-state index contributed by atoms with van der Waals surface area (Å²) in [5.41, 5.74) is 4.25. The highest BCUT2D eigenvalue weighted by atomic mass is 127. The minimum Gasteiger partial charge on any atom is -0.478 e. The fourth-order valence-corrected chi connectivity index (χ4v) is 4.29. The molecule has 2 aromatic rings. The predicted molar refractivity (Wildman–Crippen MR) is 143 cm³/mol. The van der Waals surface area contributed by atoms with Crippen molar-refractivity contribution < 1.29 is 19.4 Å². The number of carboxylic acid groups (broad SMARTS) is 1. The Balaban J connectivity index is 2.05. The number of nitrogens with one attached hydrogen (secondary N) is 1. The molecule has 1 aliphatic heterocycles. The number of rotatable bonds is 6. The number of carboxylic acids is 1. The normalized spacial score (nSPS) is 16.4. The highest BCUT2D eigenvalue weighted by Crippen LogP contribution is 2.47. The molecular weight excluding hydrogens is 545 g/mol. The number of benzene rings is 2. The molecule has 0 aromatic heterocycles. The molecule has 1 aliphatic carbocycles. The van der Waals surface area contributed by atoms with Crippen LogP contribution in [0.25, 0.3) is 5.57 Å². The number of hydrogen-bond donors (Lipinski definition) is 2. The monoisotopic (exact) mass is 571 g/mol. The van der Waals surface area contributed by atoms with Gasteiger partial charge in [0.25, 0.3) is 0 Å². The van der Waals surface area contributed by atoms with E-state index in [1.165, 1.54) is 0 Å². The maximum Gasteiger partial charge on any atom is 0.336 e. The zero-order chi connectivity index (χ0) is 24.6. The molecule has 2 N–H and O–H groups in total. The van der Waals surface area contributed by atoms with Gasteiger partial charge in [0.2, 0.25) is 5.91 Å². The molecule has 7 nitrogen and oxygen atoms in total. The van der Waals surface area contributed by atoms with Crippen molar-refractivity contribution in [1.29, 1.82) is 0 Å². The number of halogens is 1. The largest absolute Gasteiger partial charge is 0.478 e. The Labute approximate surface area is 212 Å². The first-order valence-corrected chi connectivity index (χ1v) is 12.3. The minimum absolute atomic E-state index is 0.0338. The van der Waals surface area contributed by atoms with Gasteiger partial charge in [-0.25, -0.2) is 4.79 Å². The van der Waals surface area contributed by atoms with E-state index in [2.05, 4.69) is 10.2 Å². The number of fused-ring (bicyclic) bond motifs is 2. The Kier molecular flexibility index (Phi) is 6.81. The van der Waals surface area contributed by atoms with Gasteiger partial charge in [0.15, 0.2) is 0 Å². The lowest BCUT2D eigenvalue weighted by Crippen LogP contribution is -2.27. The smallest absolute Gasteiger partial charge is 0.336 e. The van der Waals surface area contributed by atoms with Crippen LogP contribution in [0.3, 0.4) is 0 Å². The number of amides is 1. The lowest BCUT2D eigenvalue weighted by molar-refractivity contribution is -0.113. The Morgan fingerprint density at radius 3 is 2.56 bits per heavy atom. The van der Waals surface area contributed by atoms with Crippen LogP contribution in [0, 0.1) is 0 Å². The number of allylic oxidation sites excluding steroid dienone is 1. The lowest BCUT2D eigenvalue weighted by atomic mass is 9.84. The predicted octanol–water partition coefficient (Wildman–Crippen LogP) is 4.40. The van der Waals surface area contributed by atoms with E-state index in [1.54, 1.807) is 18.2 Å². The van der Waals surface area contributed by atoms with Crippen LogP contribution >= 0.6 is 22.6 Å². The van der Waals surface area contributed by atoms with Crippen molar-refractivity contribution in [3.63, 3.8) is 0 Å². The van der Waals surface area contributed by atoms with Gasteiger partial charge in [0.05, 0.1) is 9.99 Å². The van der Waals surface area contributed by atoms with Crippen molar-refractivity contribution in [3.8, 4) is 5.75 Å². The van der Waals surface area contributed by atoms with Crippen LogP contribution in [0.5, 0.6) is 5.75 Å². The zero-order valence-electron chi connectivity index (χ0n) is 19.4. The molecule has 0 fully saturated rings. The second kappa shape index (κ2) is 9.63. The number of aromatic carboxylic acids is 1. The second-order valence-electron chi connectivity index (χ2n) is 8.52. The van der Waals surface area contributed by atoms with Crippen molar-refractivity contribution in [1.82, 2.24) is 4.90 Å². The lowest BCUT2D eigenvalue weighted by Gasteiger charge is -2.31. The van der Waals surface area contributed by atoms with Crippen LogP contribution in [0.2, 0.25) is 0 Å². The van der Waals surface area contributed by atoms with Crippen LogP contribution in [-0.2, 0) is 4.79 Å². The van der Waals surface area contributed by atoms with Crippen LogP contribution in [0.4, 0.5) is 11.4 Å². The summed E-state index contributed by atoms with van der Waals surface area (Å²) in [5.74, 6) is 0.0253. The SMILES string of the molecule is CN(C)c1ccc2c(c1)OC1=CC(N(C)C)C=CC1=C2c1c(NC(=O)CI)cccc1C(=O)O. The number of likely N-dealkylation sites (N-methyl/N-ethyl adjacent to an activating group) is 1. The number of ether oxygens (including phenoxy) is 1. The Morgan fingerprint density at radius 2 is 1.91 bits per heavy atom. The Hall–Kier alpha value is -3.11. The molecule has 8 heteroatoms. The van der Waals surface area contributed by atoms with Crippen molar-refractivity contribution >= 4 is 51.4 Å². The van der Waals surface area contributed by atoms with Crippen molar-refractivity contribution in [3.05, 3.63) is 82.6 Å². The molecule has 1 heterocycles. The summed E-state index contributed by atoms with van der Waals surface area (Å²) < 4.78 is 6.62. The van der Waals surface area contributed by atoms with Gasteiger partial charge in [0, 0.05) is 59.9 Å². The van der Waals surface area contributed by atoms with Crippen LogP contribution in [0.15, 0.2) is 66.0 Å². The first-order chi connectivity index (χ1) is 16.2. The molecule has 0 bridgehead atoms. The highest BCUT2D eigenvalue weighted by molar-refractivity contribution is 14.1. The Bertz CT molecular complexity index is 1260. The van der Waals surface area contributed by atoms with E-state index in [0.717, 1.165) is 16.8 Å². The molecule has 2 aliphatic rings. The van der Waals surface area contributed by atoms with Gasteiger partial charge in [-0.1, -0.05) is 40.8 Å². The number of carbonyl (C=O) groups is 2. The molecule has 2 aromatic carbocycles. The Morgan fingerprint density at radius 1 is 1.15 bits per heavy atom. The quantitative estimate of drug-likeness (QED) is 0.395. The third kappa shape index (κ3) is 4.47. The summed E-state index contributed by atoms with van der Waals surface area (Å²) in [6.07, 6.45) is 6.04. The molecular formula is C26H26IN3O4. The van der Waals surface area contributed by atoms with E-state index in [4.69, 9.17) is 4.74 Å². The highest BCUT2D eigenvalue weighted by Gasteiger charge is 2.31. The van der Waals surface area contributed by atoms with Crippen LogP contribution in [-0.4, -0.2) is 60.5 Å². The molecule has 176 valence electrons. The molecule has 0 radical (unpaired) electrons. The van der Waals surface area contributed by atoms with Gasteiger partial charge in [-0.2, -0.15) is 0 Å². The first kappa shape index (κ1) is 24.0. The summed E-state index contributed by atoms with van der Waals surface area (Å²) in [5, 5.41) is 13.0. The van der Waals surface area contributed by atoms with E-state index in [9.17, 15) is 14.7 Å². The van der Waals surface area contributed by atoms with Crippen molar-refractivity contribution in [2.75, 3.05) is 42.8 Å². The third-order valence-electron chi connectivity index (χ3n) is 5.82. The van der Waals surface area contributed by atoms with E-state index in [0.29, 0.717) is 28.3 Å². The number of hydrogen-bond acceptors (Lipinski definition) is 5. The average molecular weight is 571 g/mol. The maximum absolute atomic E-state index is 12.3. The van der Waals surface area contributed by atoms with Gasteiger partial charge in [-0.3, -0.25) is 9.69 Å². The van der Waals surface area contributed by atoms with Crippen LogP contribution in [0.1, 0.15) is 21.5 Å². The van der Waals surface area contributed by atoms with Gasteiger partial charge in [-0.05, 0) is 44.4 Å². The van der Waals surface area contributed by atoms with Gasteiger partial charge in [0.1, 0.15) is 11.5 Å². The van der Waals surface area contributed by atoms with Crippen molar-refractivity contribution in [2.24, 2.45) is 0 Å². The van der Waals surface area contributed by atoms with Gasteiger partial charge in [-0.15, -0.1) is 0 Å². The van der Waals surface area contributed by atoms with E-state index in [1.807, 2.05) is 92.1 Å². The van der Waals surface area contributed by atoms with E-state index >= 15 is 0 Å². The standard InChI is InChI=1S/C26H26IN3O4/c1-29(2)15-8-10-17-21(12-15)34-22-13-16(30(3)4)9-11-18(22)24(17)25-19(26(32)33)6-5-7-20(25)28-23(31)14-27/h5-13,15H,14H2,1-4H3,(H,28,31)(H,32,33). The van der Waals surface area contributed by atoms with Gasteiger partial charge < -0.3 is 20.1 Å². The molecule has 0 spiro atoms. The molecule has 0 saturated heterocycles. The van der Waals surface area contributed by atoms with E-state index in [-0.39, 0.29) is 21.9 Å². The van der Waals surface area contributed by atoms with Gasteiger partial charge >= 0.3 is 5.97 Å². The summed E-state index contributed by atoms with van der Waals surface area (Å²) >= 11 is 1.99. The fraction of sp³-hybridized carbons (Fsp3) is 0.231. The zero-order valence-corrected chi connectivity index (χ0v) is 21.6. The van der Waals surface area contributed by atoms with E-state index < -0.39 is 5.97 Å². The summed E-state index contributed by atoms with van der Waals surface area (Å²) in [4.78, 5) is 28.7. The topological polar surface area (TPSA) is 82.1 Å². The number of nitrogens with zero attached hydrogens (tertiary/aromatic N) is 2. The third-order valence-corrected chi connectivity index (χ3v) is 6.52. The molecule has 1 amide bonds. The summed E-state index contributed by atoms with van der Waals surface area (Å²) in [6.45, 7) is 0. The van der Waals surface area contributed by atoms with Crippen molar-refractivity contribution in [2.45, 2.75) is 6.04 Å². The van der Waals surface area contributed by atoms with Crippen LogP contribution < -0.4 is 15.0 Å². The summed E-state index contributed by atoms with van der Waals surface area (Å²) in [7, 11) is 7.88. The average Bonchev–Trinajstić information content (AvgIpc) is 2.81. The molecule has 0 saturated carbocycles. The minimum atomic E-state index is -1.07. The summed E-state index contributed by atoms with van der Waals surface area (Å²) in [6, 6.07) is 10.8. The fourth-order valence-electron chi connectivity index (χ4n) is 4.09. The first-order valence-electron chi connectivity index (χ1n) is 10.7. The molecule has 34 heavy (non-hydrogen) atoms. The number of alkyl halides is 1. The number of anilines is 2. The molecule has 1 unspecified atom stereocenters. The molecule has 1 atom stereocenters. The second-order valence-corrected chi connectivity index (χ2v) is 9.29. The maximum atomic E-state index is 12.3.